The molecule has 1 aliphatic carbocycles. The van der Waals surface area contributed by atoms with Crippen molar-refractivity contribution in [1.82, 2.24) is 10.6 Å². The van der Waals surface area contributed by atoms with E-state index in [-0.39, 0.29) is 24.0 Å². The van der Waals surface area contributed by atoms with Crippen molar-refractivity contribution in [3.8, 4) is 0 Å². The van der Waals surface area contributed by atoms with E-state index < -0.39 is 14.6 Å². The molecule has 0 bridgehead atoms. The molecule has 0 unspecified atom stereocenters. The zero-order chi connectivity index (χ0) is 19.3. The van der Waals surface area contributed by atoms with Crippen LogP contribution in [0.1, 0.15) is 59.3 Å². The van der Waals surface area contributed by atoms with Crippen molar-refractivity contribution in [2.45, 2.75) is 64.0 Å². The van der Waals surface area contributed by atoms with Crippen LogP contribution < -0.4 is 10.6 Å². The lowest BCUT2D eigenvalue weighted by atomic mass is 9.64. The average molecular weight is 516 g/mol. The second-order valence-corrected chi connectivity index (χ2v) is 11.0. The van der Waals surface area contributed by atoms with Crippen molar-refractivity contribution in [1.29, 1.82) is 0 Å². The van der Waals surface area contributed by atoms with E-state index in [2.05, 4.69) is 24.5 Å². The maximum absolute atomic E-state index is 12.4. The van der Waals surface area contributed by atoms with Crippen molar-refractivity contribution in [3.05, 3.63) is 0 Å². The van der Waals surface area contributed by atoms with Crippen molar-refractivity contribution in [3.63, 3.8) is 0 Å². The minimum Gasteiger partial charge on any atom is -0.381 e. The molecule has 1 saturated heterocycles. The molecule has 0 aromatic rings. The Morgan fingerprint density at radius 3 is 2.22 bits per heavy atom. The average Bonchev–Trinajstić information content (AvgIpc) is 2.54. The summed E-state index contributed by atoms with van der Waals surface area (Å²) < 4.78 is 29.5. The van der Waals surface area contributed by atoms with E-state index in [4.69, 9.17) is 9.73 Å². The highest BCUT2D eigenvalue weighted by Gasteiger charge is 2.42. The molecule has 160 valence electrons. The predicted molar refractivity (Wildman–Crippen MR) is 123 cm³/mol. The van der Waals surface area contributed by atoms with Crippen LogP contribution in [0.2, 0.25) is 0 Å². The summed E-state index contributed by atoms with van der Waals surface area (Å²) in [6.07, 6.45) is 7.42. The Balaban J connectivity index is 0.00000364. The first kappa shape index (κ1) is 24.9. The van der Waals surface area contributed by atoms with E-state index in [1.807, 2.05) is 6.92 Å². The number of nitrogens with one attached hydrogen (secondary N) is 2. The number of ether oxygens (including phenoxy) is 1. The lowest BCUT2D eigenvalue weighted by Crippen LogP contribution is -2.53. The Bertz CT molecular complexity index is 583. The van der Waals surface area contributed by atoms with E-state index in [9.17, 15) is 8.42 Å². The van der Waals surface area contributed by atoms with Crippen molar-refractivity contribution in [2.75, 3.05) is 39.1 Å². The highest BCUT2D eigenvalue weighted by atomic mass is 127. The molecule has 2 fully saturated rings. The minimum absolute atomic E-state index is 0. The maximum atomic E-state index is 12.4. The number of hydrogen-bond acceptors (Lipinski definition) is 4. The molecule has 0 atom stereocenters. The number of hydrogen-bond donors (Lipinski definition) is 2. The number of guanidine groups is 1. The topological polar surface area (TPSA) is 79.8 Å². The lowest BCUT2D eigenvalue weighted by Gasteiger charge is -2.42. The number of nitrogens with zero attached hydrogens (tertiary/aromatic N) is 1. The monoisotopic (exact) mass is 515 g/mol. The molecule has 0 amide bonds. The summed E-state index contributed by atoms with van der Waals surface area (Å²) in [4.78, 5) is 4.83. The maximum Gasteiger partial charge on any atom is 0.191 e. The van der Waals surface area contributed by atoms with Crippen LogP contribution in [0.4, 0.5) is 0 Å². The Morgan fingerprint density at radius 2 is 1.78 bits per heavy atom. The van der Waals surface area contributed by atoms with E-state index >= 15 is 0 Å². The molecular formula is C19H38IN3O3S. The van der Waals surface area contributed by atoms with Gasteiger partial charge in [-0.3, -0.25) is 4.99 Å². The molecule has 6 nitrogen and oxygen atoms in total. The fourth-order valence-corrected chi connectivity index (χ4v) is 5.47. The number of rotatable bonds is 8. The Labute approximate surface area is 182 Å². The Kier molecular flexibility index (Phi) is 9.81. The van der Waals surface area contributed by atoms with Crippen molar-refractivity contribution in [2.24, 2.45) is 16.3 Å². The molecule has 2 aliphatic rings. The smallest absolute Gasteiger partial charge is 0.191 e. The van der Waals surface area contributed by atoms with Crippen LogP contribution in [0.25, 0.3) is 0 Å². The molecule has 2 rings (SSSR count). The summed E-state index contributed by atoms with van der Waals surface area (Å²) in [5.74, 6) is 1.41. The SMILES string of the molecule is CCNC(=NCC1(CC(C)C)CCC1)NCC1(S(C)(=O)=O)CCOCC1.I. The van der Waals surface area contributed by atoms with Gasteiger partial charge in [0.1, 0.15) is 0 Å². The highest BCUT2D eigenvalue weighted by Crippen LogP contribution is 2.46. The lowest BCUT2D eigenvalue weighted by molar-refractivity contribution is 0.0756. The number of sulfone groups is 1. The molecule has 0 spiro atoms. The molecule has 0 aromatic heterocycles. The molecule has 1 aliphatic heterocycles. The van der Waals surface area contributed by atoms with Crippen LogP contribution in [0.3, 0.4) is 0 Å². The molecule has 0 aromatic carbocycles. The van der Waals surface area contributed by atoms with Gasteiger partial charge in [-0.1, -0.05) is 20.3 Å². The first-order valence-corrected chi connectivity index (χ1v) is 11.9. The number of halogens is 1. The second-order valence-electron chi connectivity index (χ2n) is 8.57. The summed E-state index contributed by atoms with van der Waals surface area (Å²) in [7, 11) is -3.18. The molecule has 0 radical (unpaired) electrons. The van der Waals surface area contributed by atoms with Crippen LogP contribution in [0, 0.1) is 11.3 Å². The van der Waals surface area contributed by atoms with Crippen LogP contribution in [0.15, 0.2) is 4.99 Å². The van der Waals surface area contributed by atoms with E-state index in [0.717, 1.165) is 19.0 Å². The van der Waals surface area contributed by atoms with Crippen LogP contribution in [-0.2, 0) is 14.6 Å². The summed E-state index contributed by atoms with van der Waals surface area (Å²) in [5, 5.41) is 6.59. The first-order chi connectivity index (χ1) is 12.2. The fourth-order valence-electron chi connectivity index (χ4n) is 4.22. The van der Waals surface area contributed by atoms with Crippen molar-refractivity contribution < 1.29 is 13.2 Å². The zero-order valence-corrected chi connectivity index (χ0v) is 20.5. The van der Waals surface area contributed by atoms with Gasteiger partial charge in [0.2, 0.25) is 0 Å². The van der Waals surface area contributed by atoms with Crippen molar-refractivity contribution >= 4 is 39.8 Å². The van der Waals surface area contributed by atoms with Crippen LogP contribution in [-0.4, -0.2) is 58.2 Å². The zero-order valence-electron chi connectivity index (χ0n) is 17.3. The third-order valence-electron chi connectivity index (χ3n) is 5.94. The Morgan fingerprint density at radius 1 is 1.15 bits per heavy atom. The third kappa shape index (κ3) is 6.73. The molecular weight excluding hydrogens is 477 g/mol. The summed E-state index contributed by atoms with van der Waals surface area (Å²) >= 11 is 0. The minimum atomic E-state index is -3.18. The number of aliphatic imine (C=N–C) groups is 1. The predicted octanol–water partition coefficient (Wildman–Crippen LogP) is 2.97. The van der Waals surface area contributed by atoms with E-state index in [1.54, 1.807) is 0 Å². The Hall–Kier alpha value is -0.0900. The van der Waals surface area contributed by atoms with Gasteiger partial charge in [0, 0.05) is 39.1 Å². The van der Waals surface area contributed by atoms with Gasteiger partial charge in [0.25, 0.3) is 0 Å². The standard InChI is InChI=1S/C19H37N3O3S.HI/c1-5-20-17(21-14-18(7-6-8-18)13-16(2)3)22-15-19(26(4,23)24)9-11-25-12-10-19;/h16H,5-15H2,1-4H3,(H2,20,21,22);1H. The summed E-state index contributed by atoms with van der Waals surface area (Å²) in [6.45, 7) is 9.54. The van der Waals surface area contributed by atoms with Gasteiger partial charge in [-0.05, 0) is 50.4 Å². The van der Waals surface area contributed by atoms with E-state index in [0.29, 0.717) is 43.9 Å². The molecule has 1 saturated carbocycles. The van der Waals surface area contributed by atoms with Gasteiger partial charge in [-0.15, -0.1) is 24.0 Å². The largest absolute Gasteiger partial charge is 0.381 e. The summed E-state index contributed by atoms with van der Waals surface area (Å²) in [6, 6.07) is 0. The van der Waals surface area contributed by atoms with Gasteiger partial charge in [-0.25, -0.2) is 8.42 Å². The molecule has 8 heteroatoms. The summed E-state index contributed by atoms with van der Waals surface area (Å²) in [5.41, 5.74) is 0.337. The highest BCUT2D eigenvalue weighted by molar-refractivity contribution is 14.0. The fraction of sp³-hybridized carbons (Fsp3) is 0.947. The van der Waals surface area contributed by atoms with E-state index in [1.165, 1.54) is 31.9 Å². The quantitative estimate of drug-likeness (QED) is 0.295. The molecule has 1 heterocycles. The molecule has 27 heavy (non-hydrogen) atoms. The van der Waals surface area contributed by atoms with Crippen LogP contribution in [0.5, 0.6) is 0 Å². The third-order valence-corrected chi connectivity index (χ3v) is 8.07. The van der Waals surface area contributed by atoms with Gasteiger partial charge >= 0.3 is 0 Å². The second kappa shape index (κ2) is 10.6. The van der Waals surface area contributed by atoms with Gasteiger partial charge in [0.15, 0.2) is 15.8 Å². The van der Waals surface area contributed by atoms with Crippen LogP contribution >= 0.6 is 24.0 Å². The normalized spacial score (nSPS) is 21.9. The molecule has 2 N–H and O–H groups in total. The van der Waals surface area contributed by atoms with Gasteiger partial charge in [0.05, 0.1) is 4.75 Å². The van der Waals surface area contributed by atoms with Gasteiger partial charge < -0.3 is 15.4 Å². The van der Waals surface area contributed by atoms with Gasteiger partial charge in [-0.2, -0.15) is 0 Å². The first-order valence-electron chi connectivity index (χ1n) is 10.0.